The Hall–Kier alpha value is -3.23. The monoisotopic (exact) mass is 358 g/mol. The average molecular weight is 358 g/mol. The zero-order valence-corrected chi connectivity index (χ0v) is 14.1. The first kappa shape index (κ1) is 17.6. The number of nitrogen functional groups attached to an aromatic ring is 1. The fourth-order valence-electron chi connectivity index (χ4n) is 2.64. The molecule has 0 atom stereocenters. The number of benzene rings is 1. The van der Waals surface area contributed by atoms with Crippen molar-refractivity contribution in [1.82, 2.24) is 19.8 Å². The van der Waals surface area contributed by atoms with Gasteiger partial charge in [0.25, 0.3) is 0 Å². The molecule has 0 spiro atoms. The van der Waals surface area contributed by atoms with Gasteiger partial charge in [0, 0.05) is 31.9 Å². The summed E-state index contributed by atoms with van der Waals surface area (Å²) in [5.74, 6) is -0.663. The Labute approximate surface area is 149 Å². The molecule has 9 heteroatoms. The molecule has 8 nitrogen and oxygen atoms in total. The van der Waals surface area contributed by atoms with Gasteiger partial charge in [-0.15, -0.1) is 0 Å². The predicted molar refractivity (Wildman–Crippen MR) is 94.0 cm³/mol. The highest BCUT2D eigenvalue weighted by Crippen LogP contribution is 2.16. The lowest BCUT2D eigenvalue weighted by Gasteiger charge is -2.32. The van der Waals surface area contributed by atoms with Gasteiger partial charge in [0.05, 0.1) is 12.6 Å². The number of hydrogen-bond donors (Lipinski definition) is 2. The van der Waals surface area contributed by atoms with Gasteiger partial charge in [-0.25, -0.2) is 9.37 Å². The van der Waals surface area contributed by atoms with E-state index >= 15 is 0 Å². The maximum Gasteiger partial charge on any atom is 0.229 e. The smallest absolute Gasteiger partial charge is 0.229 e. The van der Waals surface area contributed by atoms with Crippen LogP contribution in [0.1, 0.15) is 5.56 Å². The second-order valence-electron chi connectivity index (χ2n) is 5.95. The van der Waals surface area contributed by atoms with Gasteiger partial charge < -0.3 is 20.9 Å². The standard InChI is InChI=1S/C17H19FN6O2/c18-14-10-20-17(22-16(14)19)21-13-3-1-12(2-4-13)9-15(26)24-7-5-23(11-25)6-8-24/h1-4,10-11H,5-9H2,(H3,19,20,21,22). The third-order valence-corrected chi connectivity index (χ3v) is 4.15. The van der Waals surface area contributed by atoms with Crippen LogP contribution in [0.2, 0.25) is 0 Å². The molecule has 1 aromatic carbocycles. The molecule has 26 heavy (non-hydrogen) atoms. The van der Waals surface area contributed by atoms with Crippen LogP contribution in [-0.2, 0) is 16.0 Å². The minimum Gasteiger partial charge on any atom is -0.381 e. The highest BCUT2D eigenvalue weighted by molar-refractivity contribution is 5.79. The number of nitrogens with zero attached hydrogens (tertiary/aromatic N) is 4. The van der Waals surface area contributed by atoms with Crippen LogP contribution in [0.4, 0.5) is 21.8 Å². The molecule has 2 heterocycles. The number of carbonyl (C=O) groups excluding carboxylic acids is 2. The summed E-state index contributed by atoms with van der Waals surface area (Å²) in [7, 11) is 0. The minimum atomic E-state index is -0.668. The molecule has 0 bridgehead atoms. The molecule has 1 saturated heterocycles. The lowest BCUT2D eigenvalue weighted by Crippen LogP contribution is -2.48. The Morgan fingerprint density at radius 1 is 1.23 bits per heavy atom. The zero-order chi connectivity index (χ0) is 18.5. The number of hydrogen-bond acceptors (Lipinski definition) is 6. The van der Waals surface area contributed by atoms with Gasteiger partial charge >= 0.3 is 0 Å². The summed E-state index contributed by atoms with van der Waals surface area (Å²) in [4.78, 5) is 34.1. The van der Waals surface area contributed by atoms with Gasteiger partial charge in [-0.2, -0.15) is 4.98 Å². The number of piperazine rings is 1. The topological polar surface area (TPSA) is 104 Å². The summed E-state index contributed by atoms with van der Waals surface area (Å²) in [5, 5.41) is 2.92. The van der Waals surface area contributed by atoms with Gasteiger partial charge in [0.1, 0.15) is 0 Å². The van der Waals surface area contributed by atoms with Crippen molar-refractivity contribution in [3.63, 3.8) is 0 Å². The maximum atomic E-state index is 13.1. The largest absolute Gasteiger partial charge is 0.381 e. The van der Waals surface area contributed by atoms with E-state index in [0.717, 1.165) is 18.2 Å². The molecular formula is C17H19FN6O2. The lowest BCUT2D eigenvalue weighted by molar-refractivity contribution is -0.134. The van der Waals surface area contributed by atoms with E-state index in [9.17, 15) is 14.0 Å². The molecule has 1 aliphatic heterocycles. The number of rotatable bonds is 5. The van der Waals surface area contributed by atoms with E-state index in [4.69, 9.17) is 5.73 Å². The first-order valence-corrected chi connectivity index (χ1v) is 8.16. The molecule has 0 aliphatic carbocycles. The SMILES string of the molecule is Nc1nc(Nc2ccc(CC(=O)N3CCN(C=O)CC3)cc2)ncc1F. The Balaban J connectivity index is 1.56. The average Bonchev–Trinajstić information content (AvgIpc) is 2.66. The quantitative estimate of drug-likeness (QED) is 0.766. The van der Waals surface area contributed by atoms with Crippen LogP contribution in [0.25, 0.3) is 0 Å². The summed E-state index contributed by atoms with van der Waals surface area (Å²) in [6.07, 6.45) is 2.11. The van der Waals surface area contributed by atoms with Gasteiger partial charge in [0.15, 0.2) is 11.6 Å². The van der Waals surface area contributed by atoms with Crippen LogP contribution in [0.15, 0.2) is 30.5 Å². The highest BCUT2D eigenvalue weighted by atomic mass is 19.1. The van der Waals surface area contributed by atoms with Crippen LogP contribution >= 0.6 is 0 Å². The van der Waals surface area contributed by atoms with E-state index in [0.29, 0.717) is 38.3 Å². The molecule has 0 radical (unpaired) electrons. The van der Waals surface area contributed by atoms with E-state index in [1.54, 1.807) is 21.9 Å². The molecule has 1 aromatic heterocycles. The van der Waals surface area contributed by atoms with Crippen molar-refractivity contribution in [2.45, 2.75) is 6.42 Å². The molecule has 3 N–H and O–H groups in total. The van der Waals surface area contributed by atoms with Crippen molar-refractivity contribution < 1.29 is 14.0 Å². The van der Waals surface area contributed by atoms with E-state index in [1.165, 1.54) is 0 Å². The minimum absolute atomic E-state index is 0.0332. The Bertz CT molecular complexity index is 790. The van der Waals surface area contributed by atoms with Crippen LogP contribution < -0.4 is 11.1 Å². The summed E-state index contributed by atoms with van der Waals surface area (Å²) >= 11 is 0. The fourth-order valence-corrected chi connectivity index (χ4v) is 2.64. The van der Waals surface area contributed by atoms with Crippen molar-refractivity contribution in [3.8, 4) is 0 Å². The molecule has 2 aromatic rings. The summed E-state index contributed by atoms with van der Waals surface area (Å²) in [6.45, 7) is 2.25. The van der Waals surface area contributed by atoms with E-state index in [2.05, 4.69) is 15.3 Å². The number of aromatic nitrogens is 2. The predicted octanol–water partition coefficient (Wildman–Crippen LogP) is 0.785. The molecule has 1 fully saturated rings. The molecule has 0 unspecified atom stereocenters. The third-order valence-electron chi connectivity index (χ3n) is 4.15. The molecule has 1 aliphatic rings. The van der Waals surface area contributed by atoms with Crippen LogP contribution in [0, 0.1) is 5.82 Å². The zero-order valence-electron chi connectivity index (χ0n) is 14.1. The van der Waals surface area contributed by atoms with Gasteiger partial charge in [0.2, 0.25) is 18.3 Å². The molecular weight excluding hydrogens is 339 g/mol. The second kappa shape index (κ2) is 7.77. The normalized spacial score (nSPS) is 14.2. The summed E-state index contributed by atoms with van der Waals surface area (Å²) in [5.41, 5.74) is 6.98. The number of halogens is 1. The van der Waals surface area contributed by atoms with Crippen molar-refractivity contribution in [2.24, 2.45) is 0 Å². The number of nitrogens with two attached hydrogens (primary N) is 1. The first-order chi connectivity index (χ1) is 12.5. The van der Waals surface area contributed by atoms with Gasteiger partial charge in [-0.1, -0.05) is 12.1 Å². The molecule has 2 amide bonds. The van der Waals surface area contributed by atoms with Crippen molar-refractivity contribution >= 4 is 29.8 Å². The van der Waals surface area contributed by atoms with E-state index in [-0.39, 0.29) is 17.7 Å². The van der Waals surface area contributed by atoms with E-state index in [1.807, 2.05) is 12.1 Å². The molecule has 3 rings (SSSR count). The number of carbonyl (C=O) groups is 2. The summed E-state index contributed by atoms with van der Waals surface area (Å²) < 4.78 is 13.1. The van der Waals surface area contributed by atoms with Crippen LogP contribution in [0.3, 0.4) is 0 Å². The van der Waals surface area contributed by atoms with Crippen molar-refractivity contribution in [1.29, 1.82) is 0 Å². The highest BCUT2D eigenvalue weighted by Gasteiger charge is 2.20. The van der Waals surface area contributed by atoms with Gasteiger partial charge in [-0.05, 0) is 17.7 Å². The molecule has 0 saturated carbocycles. The van der Waals surface area contributed by atoms with Gasteiger partial charge in [-0.3, -0.25) is 9.59 Å². The number of anilines is 3. The number of amides is 2. The number of nitrogens with one attached hydrogen (secondary N) is 1. The van der Waals surface area contributed by atoms with Crippen LogP contribution in [0.5, 0.6) is 0 Å². The lowest BCUT2D eigenvalue weighted by atomic mass is 10.1. The second-order valence-corrected chi connectivity index (χ2v) is 5.95. The van der Waals surface area contributed by atoms with Crippen LogP contribution in [-0.4, -0.2) is 58.3 Å². The summed E-state index contributed by atoms with van der Waals surface area (Å²) in [6, 6.07) is 7.23. The molecule has 136 valence electrons. The van der Waals surface area contributed by atoms with E-state index < -0.39 is 5.82 Å². The maximum absolute atomic E-state index is 13.1. The fraction of sp³-hybridized carbons (Fsp3) is 0.294. The Kier molecular flexibility index (Phi) is 5.26. The Morgan fingerprint density at radius 2 is 1.92 bits per heavy atom. The Morgan fingerprint density at radius 3 is 2.54 bits per heavy atom. The van der Waals surface area contributed by atoms with Crippen molar-refractivity contribution in [3.05, 3.63) is 41.8 Å². The van der Waals surface area contributed by atoms with Crippen molar-refractivity contribution in [2.75, 3.05) is 37.2 Å². The first-order valence-electron chi connectivity index (χ1n) is 8.16. The third kappa shape index (κ3) is 4.24.